The van der Waals surface area contributed by atoms with E-state index in [1.54, 1.807) is 13.0 Å². The molecule has 0 amide bonds. The van der Waals surface area contributed by atoms with Gasteiger partial charge in [0.1, 0.15) is 16.1 Å². The molecule has 0 saturated carbocycles. The molecule has 28 heavy (non-hydrogen) atoms. The summed E-state index contributed by atoms with van der Waals surface area (Å²) in [5.74, 6) is -0.568. The molecule has 4 aromatic rings. The first-order valence-electron chi connectivity index (χ1n) is 8.78. The van der Waals surface area contributed by atoms with Crippen LogP contribution < -0.4 is 5.56 Å². The van der Waals surface area contributed by atoms with E-state index in [4.69, 9.17) is 4.74 Å². The number of nitrogens with zero attached hydrogens (tertiary/aromatic N) is 1. The SMILES string of the molecule is Cc1sc2nc([C@@H](C)OC(=O)c3cc4ccccc4cc3O)[nH]c(=O)c2c1C. The number of fused-ring (bicyclic) bond motifs is 2. The molecule has 2 aromatic carbocycles. The van der Waals surface area contributed by atoms with Crippen molar-refractivity contribution in [1.29, 1.82) is 0 Å². The van der Waals surface area contributed by atoms with E-state index in [1.807, 2.05) is 38.1 Å². The fourth-order valence-electron chi connectivity index (χ4n) is 3.14. The van der Waals surface area contributed by atoms with Gasteiger partial charge >= 0.3 is 5.97 Å². The smallest absolute Gasteiger partial charge is 0.342 e. The number of ether oxygens (including phenoxy) is 1. The van der Waals surface area contributed by atoms with E-state index in [-0.39, 0.29) is 22.7 Å². The van der Waals surface area contributed by atoms with Crippen molar-refractivity contribution in [2.24, 2.45) is 0 Å². The number of aromatic nitrogens is 2. The first kappa shape index (κ1) is 18.2. The number of carbonyl (C=O) groups is 1. The Hall–Kier alpha value is -3.19. The van der Waals surface area contributed by atoms with Crippen LogP contribution in [0, 0.1) is 13.8 Å². The van der Waals surface area contributed by atoms with Crippen LogP contribution in [-0.2, 0) is 4.74 Å². The Bertz CT molecular complexity index is 1290. The number of phenolic OH excluding ortho intramolecular Hbond substituents is 1. The molecule has 2 N–H and O–H groups in total. The first-order valence-corrected chi connectivity index (χ1v) is 9.59. The summed E-state index contributed by atoms with van der Waals surface area (Å²) in [6, 6.07) is 10.5. The maximum Gasteiger partial charge on any atom is 0.342 e. The third-order valence-electron chi connectivity index (χ3n) is 4.81. The van der Waals surface area contributed by atoms with E-state index in [0.717, 1.165) is 21.2 Å². The van der Waals surface area contributed by atoms with E-state index in [1.165, 1.54) is 17.4 Å². The van der Waals surface area contributed by atoms with Crippen molar-refractivity contribution in [3.8, 4) is 5.75 Å². The molecule has 0 aliphatic carbocycles. The van der Waals surface area contributed by atoms with Gasteiger partial charge in [-0.3, -0.25) is 4.79 Å². The summed E-state index contributed by atoms with van der Waals surface area (Å²) in [4.78, 5) is 33.8. The highest BCUT2D eigenvalue weighted by molar-refractivity contribution is 7.18. The van der Waals surface area contributed by atoms with Gasteiger partial charge in [-0.2, -0.15) is 0 Å². The Morgan fingerprint density at radius 2 is 1.89 bits per heavy atom. The summed E-state index contributed by atoms with van der Waals surface area (Å²) >= 11 is 1.43. The lowest BCUT2D eigenvalue weighted by molar-refractivity contribution is 0.0317. The van der Waals surface area contributed by atoms with Crippen molar-refractivity contribution in [2.45, 2.75) is 26.9 Å². The number of nitrogens with one attached hydrogen (secondary N) is 1. The largest absolute Gasteiger partial charge is 0.507 e. The second-order valence-corrected chi connectivity index (χ2v) is 7.88. The molecule has 0 fully saturated rings. The molecule has 6 nitrogen and oxygen atoms in total. The average molecular weight is 394 g/mol. The molecular weight excluding hydrogens is 376 g/mol. The number of aromatic amines is 1. The minimum absolute atomic E-state index is 0.0665. The summed E-state index contributed by atoms with van der Waals surface area (Å²) in [7, 11) is 0. The number of esters is 1. The van der Waals surface area contributed by atoms with Crippen LogP contribution in [-0.4, -0.2) is 21.0 Å². The van der Waals surface area contributed by atoms with Crippen LogP contribution in [0.4, 0.5) is 0 Å². The zero-order chi connectivity index (χ0) is 20.0. The van der Waals surface area contributed by atoms with Gasteiger partial charge in [-0.25, -0.2) is 9.78 Å². The van der Waals surface area contributed by atoms with Crippen LogP contribution in [0.5, 0.6) is 5.75 Å². The van der Waals surface area contributed by atoms with Crippen molar-refractivity contribution >= 4 is 38.3 Å². The fraction of sp³-hybridized carbons (Fsp3) is 0.190. The molecule has 0 aliphatic heterocycles. The number of carbonyl (C=O) groups excluding carboxylic acids is 1. The summed E-state index contributed by atoms with van der Waals surface area (Å²) in [6.07, 6.45) is -0.779. The van der Waals surface area contributed by atoms with Gasteiger partial charge < -0.3 is 14.8 Å². The molecule has 0 saturated heterocycles. The van der Waals surface area contributed by atoms with Crippen LogP contribution in [0.2, 0.25) is 0 Å². The highest BCUT2D eigenvalue weighted by Gasteiger charge is 2.21. The van der Waals surface area contributed by atoms with E-state index in [9.17, 15) is 14.7 Å². The highest BCUT2D eigenvalue weighted by Crippen LogP contribution is 2.29. The molecule has 0 bridgehead atoms. The third-order valence-corrected chi connectivity index (χ3v) is 5.91. The van der Waals surface area contributed by atoms with E-state index in [0.29, 0.717) is 10.2 Å². The van der Waals surface area contributed by atoms with Crippen molar-refractivity contribution in [3.05, 3.63) is 68.6 Å². The molecule has 4 rings (SSSR count). The Morgan fingerprint density at radius 3 is 2.61 bits per heavy atom. The number of rotatable bonds is 3. The van der Waals surface area contributed by atoms with Gasteiger partial charge in [0, 0.05) is 4.88 Å². The van der Waals surface area contributed by atoms with Crippen LogP contribution in [0.25, 0.3) is 21.0 Å². The number of aromatic hydroxyl groups is 1. The molecule has 2 aromatic heterocycles. The zero-order valence-corrected chi connectivity index (χ0v) is 16.4. The zero-order valence-electron chi connectivity index (χ0n) is 15.6. The summed E-state index contributed by atoms with van der Waals surface area (Å²) in [5, 5.41) is 12.4. The third kappa shape index (κ3) is 3.03. The van der Waals surface area contributed by atoms with Gasteiger partial charge in [-0.15, -0.1) is 11.3 Å². The number of benzene rings is 2. The van der Waals surface area contributed by atoms with Gasteiger partial charge in [-0.1, -0.05) is 24.3 Å². The Morgan fingerprint density at radius 1 is 1.21 bits per heavy atom. The van der Waals surface area contributed by atoms with E-state index < -0.39 is 12.1 Å². The van der Waals surface area contributed by atoms with Crippen LogP contribution >= 0.6 is 11.3 Å². The lowest BCUT2D eigenvalue weighted by atomic mass is 10.1. The molecule has 0 aliphatic rings. The summed E-state index contributed by atoms with van der Waals surface area (Å²) in [5.41, 5.74) is 0.723. The minimum Gasteiger partial charge on any atom is -0.507 e. The normalized spacial score (nSPS) is 12.4. The van der Waals surface area contributed by atoms with Crippen molar-refractivity contribution in [1.82, 2.24) is 9.97 Å². The second-order valence-electron chi connectivity index (χ2n) is 6.68. The molecule has 0 unspecified atom stereocenters. The molecule has 0 radical (unpaired) electrons. The lowest BCUT2D eigenvalue weighted by Gasteiger charge is -2.13. The van der Waals surface area contributed by atoms with Crippen LogP contribution in [0.3, 0.4) is 0 Å². The maximum absolute atomic E-state index is 12.6. The highest BCUT2D eigenvalue weighted by atomic mass is 32.1. The van der Waals surface area contributed by atoms with Crippen molar-refractivity contribution in [3.63, 3.8) is 0 Å². The number of H-pyrrole nitrogens is 1. The Balaban J connectivity index is 1.66. The predicted octanol–water partition coefficient (Wildman–Crippen LogP) is 4.38. The average Bonchev–Trinajstić information content (AvgIpc) is 2.95. The fourth-order valence-corrected chi connectivity index (χ4v) is 4.17. The quantitative estimate of drug-likeness (QED) is 0.503. The van der Waals surface area contributed by atoms with Gasteiger partial charge in [0.15, 0.2) is 11.9 Å². The maximum atomic E-state index is 12.6. The molecular formula is C21H18N2O4S. The van der Waals surface area contributed by atoms with Crippen LogP contribution in [0.15, 0.2) is 41.2 Å². The predicted molar refractivity (Wildman–Crippen MR) is 109 cm³/mol. The van der Waals surface area contributed by atoms with E-state index >= 15 is 0 Å². The standard InChI is InChI=1S/C21H18N2O4S/c1-10-12(3)28-20-17(10)19(25)22-18(23-20)11(2)27-21(26)15-8-13-6-4-5-7-14(13)9-16(15)24/h4-9,11,24H,1-3H3,(H,22,23,25)/t11-/m1/s1. The molecule has 2 heterocycles. The number of phenols is 1. The molecule has 0 spiro atoms. The minimum atomic E-state index is -0.779. The monoisotopic (exact) mass is 394 g/mol. The lowest BCUT2D eigenvalue weighted by Crippen LogP contribution is -2.17. The number of thiophene rings is 1. The van der Waals surface area contributed by atoms with E-state index in [2.05, 4.69) is 9.97 Å². The van der Waals surface area contributed by atoms with Crippen molar-refractivity contribution < 1.29 is 14.6 Å². The van der Waals surface area contributed by atoms with Gasteiger partial charge in [0.2, 0.25) is 0 Å². The topological polar surface area (TPSA) is 92.3 Å². The number of hydrogen-bond acceptors (Lipinski definition) is 6. The number of hydrogen-bond donors (Lipinski definition) is 2. The summed E-state index contributed by atoms with van der Waals surface area (Å²) in [6.45, 7) is 5.46. The first-order chi connectivity index (χ1) is 13.3. The Kier molecular flexibility index (Phi) is 4.39. The molecule has 1 atom stereocenters. The van der Waals surface area contributed by atoms with Gasteiger partial charge in [0.25, 0.3) is 5.56 Å². The summed E-state index contributed by atoms with van der Waals surface area (Å²) < 4.78 is 5.47. The van der Waals surface area contributed by atoms with Crippen molar-refractivity contribution in [2.75, 3.05) is 0 Å². The van der Waals surface area contributed by atoms with Gasteiger partial charge in [0.05, 0.1) is 5.39 Å². The van der Waals surface area contributed by atoms with Gasteiger partial charge in [-0.05, 0) is 49.2 Å². The Labute approximate surface area is 164 Å². The second kappa shape index (κ2) is 6.76. The molecule has 7 heteroatoms. The number of aryl methyl sites for hydroxylation is 2. The molecule has 142 valence electrons. The van der Waals surface area contributed by atoms with Crippen LogP contribution in [0.1, 0.15) is 39.7 Å².